The van der Waals surface area contributed by atoms with Crippen LogP contribution in [0.25, 0.3) is 0 Å². The highest BCUT2D eigenvalue weighted by Crippen LogP contribution is 1.77. The monoisotopic (exact) mass is 104 g/mol. The molecule has 0 amide bonds. The van der Waals surface area contributed by atoms with Gasteiger partial charge in [-0.2, -0.15) is 0 Å². The minimum atomic E-state index is -0.943. The van der Waals surface area contributed by atoms with Gasteiger partial charge in [0.05, 0.1) is 6.54 Å². The van der Waals surface area contributed by atoms with E-state index in [-0.39, 0.29) is 6.54 Å². The number of hydrogen-bond donors (Lipinski definition) is 1. The summed E-state index contributed by atoms with van der Waals surface area (Å²) >= 11 is 0. The van der Waals surface area contributed by atoms with Crippen LogP contribution in [0.3, 0.4) is 0 Å². The second-order valence-electron chi connectivity index (χ2n) is 1.48. The van der Waals surface area contributed by atoms with Crippen molar-refractivity contribution in [3.8, 4) is 0 Å². The molecule has 0 radical (unpaired) electrons. The van der Waals surface area contributed by atoms with Gasteiger partial charge < -0.3 is 15.6 Å². The molecule has 0 saturated heterocycles. The van der Waals surface area contributed by atoms with Crippen molar-refractivity contribution in [1.82, 2.24) is 0 Å². The summed E-state index contributed by atoms with van der Waals surface area (Å²) in [7, 11) is 0. The number of hydrogen-bond acceptors (Lipinski definition) is 2. The Morgan fingerprint density at radius 2 is 2.00 bits per heavy atom. The van der Waals surface area contributed by atoms with Crippen LogP contribution in [0.2, 0.25) is 0 Å². The first-order valence-electron chi connectivity index (χ1n) is 2.47. The maximum atomic E-state index is 9.65. The van der Waals surface area contributed by atoms with E-state index in [1.54, 1.807) is 0 Å². The van der Waals surface area contributed by atoms with Crippen LogP contribution in [0.1, 0.15) is 19.8 Å². The molecule has 0 atom stereocenters. The van der Waals surface area contributed by atoms with Crippen LogP contribution >= 0.6 is 0 Å². The fourth-order valence-corrected chi connectivity index (χ4v) is 0.321. The third kappa shape index (κ3) is 5.88. The molecule has 0 spiro atoms. The summed E-state index contributed by atoms with van der Waals surface area (Å²) in [6, 6.07) is 0. The maximum Gasteiger partial charge on any atom is 0.0765 e. The smallest absolute Gasteiger partial charge is 0.0765 e. The average Bonchev–Trinajstić information content (AvgIpc) is 1.61. The summed E-state index contributed by atoms with van der Waals surface area (Å²) in [6.07, 6.45) is 1.66. The number of rotatable bonds is 3. The van der Waals surface area contributed by atoms with Crippen LogP contribution in [0.4, 0.5) is 0 Å². The van der Waals surface area contributed by atoms with Gasteiger partial charge in [-0.3, -0.25) is 0 Å². The molecule has 44 valence electrons. The van der Waals surface area contributed by atoms with Crippen molar-refractivity contribution >= 4 is 0 Å². The molecule has 0 saturated carbocycles. The van der Waals surface area contributed by atoms with Crippen molar-refractivity contribution in [1.29, 1.82) is 0 Å². The van der Waals surface area contributed by atoms with Gasteiger partial charge in [-0.05, 0) is 6.42 Å². The maximum absolute atomic E-state index is 9.65. The minimum Gasteiger partial charge on any atom is -0.633 e. The molecular formula is C4H10NO2-. The lowest BCUT2D eigenvalue weighted by Crippen LogP contribution is -3.01. The standard InChI is InChI=1S/C4H10NO2/c1-2-3-4-5(6)7/h5H,2-4H2,1H3/q-1. The van der Waals surface area contributed by atoms with Gasteiger partial charge in [-0.1, -0.05) is 13.3 Å². The Hall–Kier alpha value is -0.120. The fourth-order valence-electron chi connectivity index (χ4n) is 0.321. The number of unbranched alkanes of at least 4 members (excludes halogenated alkanes) is 1. The van der Waals surface area contributed by atoms with Crippen molar-refractivity contribution in [2.45, 2.75) is 19.8 Å². The van der Waals surface area contributed by atoms with E-state index in [0.29, 0.717) is 0 Å². The Labute approximate surface area is 43.1 Å². The van der Waals surface area contributed by atoms with Crippen molar-refractivity contribution in [3.63, 3.8) is 0 Å². The highest BCUT2D eigenvalue weighted by Gasteiger charge is 1.79. The number of nitrogens with one attached hydrogen (secondary N) is 1. The third-order valence-electron chi connectivity index (χ3n) is 0.734. The van der Waals surface area contributed by atoms with E-state index in [1.165, 1.54) is 0 Å². The van der Waals surface area contributed by atoms with E-state index in [1.807, 2.05) is 6.92 Å². The van der Waals surface area contributed by atoms with Gasteiger partial charge in [0.1, 0.15) is 0 Å². The molecular weight excluding hydrogens is 94.0 g/mol. The predicted molar refractivity (Wildman–Crippen MR) is 27.5 cm³/mol. The Kier molecular flexibility index (Phi) is 3.98. The van der Waals surface area contributed by atoms with Crippen molar-refractivity contribution in [2.75, 3.05) is 6.54 Å². The topological polar surface area (TPSA) is 50.6 Å². The summed E-state index contributed by atoms with van der Waals surface area (Å²) in [5.41, 5.74) is 0. The van der Waals surface area contributed by atoms with E-state index in [9.17, 15) is 10.4 Å². The Bertz CT molecular complexity index is 38.7. The number of hydroxylamine groups is 2. The molecule has 0 heterocycles. The molecule has 1 N–H and O–H groups in total. The summed E-state index contributed by atoms with van der Waals surface area (Å²) < 4.78 is 0. The second kappa shape index (κ2) is 4.05. The average molecular weight is 104 g/mol. The van der Waals surface area contributed by atoms with E-state index in [0.717, 1.165) is 12.8 Å². The van der Waals surface area contributed by atoms with Crippen LogP contribution in [0.5, 0.6) is 0 Å². The molecule has 0 aliphatic heterocycles. The highest BCUT2D eigenvalue weighted by molar-refractivity contribution is 4.28. The van der Waals surface area contributed by atoms with E-state index in [2.05, 4.69) is 0 Å². The van der Waals surface area contributed by atoms with Crippen LogP contribution in [-0.2, 0) is 0 Å². The molecule has 0 aromatic rings. The molecule has 0 aliphatic rings. The lowest BCUT2D eigenvalue weighted by atomic mass is 10.3. The first-order valence-corrected chi connectivity index (χ1v) is 2.47. The molecule has 0 aromatic carbocycles. The quantitative estimate of drug-likeness (QED) is 0.498. The lowest BCUT2D eigenvalue weighted by Gasteiger charge is -2.24. The van der Waals surface area contributed by atoms with Gasteiger partial charge in [0.15, 0.2) is 0 Å². The molecule has 0 unspecified atom stereocenters. The van der Waals surface area contributed by atoms with Crippen LogP contribution in [-0.4, -0.2) is 6.54 Å². The second-order valence-corrected chi connectivity index (χ2v) is 1.48. The number of quaternary nitrogens is 1. The molecule has 3 heteroatoms. The van der Waals surface area contributed by atoms with Gasteiger partial charge in [-0.25, -0.2) is 0 Å². The zero-order chi connectivity index (χ0) is 5.70. The summed E-state index contributed by atoms with van der Waals surface area (Å²) in [6.45, 7) is 2.15. The molecule has 0 rings (SSSR count). The van der Waals surface area contributed by atoms with Crippen LogP contribution < -0.4 is 5.23 Å². The van der Waals surface area contributed by atoms with Crippen LogP contribution in [0.15, 0.2) is 0 Å². The zero-order valence-electron chi connectivity index (χ0n) is 4.44. The van der Waals surface area contributed by atoms with E-state index < -0.39 is 5.23 Å². The van der Waals surface area contributed by atoms with Gasteiger partial charge in [0, 0.05) is 0 Å². The first-order chi connectivity index (χ1) is 3.27. The zero-order valence-corrected chi connectivity index (χ0v) is 4.44. The SMILES string of the molecule is CCCC[NH+]([O-])[O-]. The van der Waals surface area contributed by atoms with Crippen LogP contribution in [0, 0.1) is 10.4 Å². The first kappa shape index (κ1) is 6.88. The highest BCUT2D eigenvalue weighted by atomic mass is 16.8. The molecule has 0 fully saturated rings. The summed E-state index contributed by atoms with van der Waals surface area (Å²) in [4.78, 5) is 0. The normalized spacial score (nSPS) is 10.3. The molecule has 3 nitrogen and oxygen atoms in total. The van der Waals surface area contributed by atoms with E-state index in [4.69, 9.17) is 0 Å². The Balaban J connectivity index is 2.68. The van der Waals surface area contributed by atoms with Gasteiger partial charge in [0.2, 0.25) is 0 Å². The predicted octanol–water partition coefficient (Wildman–Crippen LogP) is -0.333. The Morgan fingerprint density at radius 1 is 1.43 bits per heavy atom. The van der Waals surface area contributed by atoms with Gasteiger partial charge in [-0.15, -0.1) is 0 Å². The van der Waals surface area contributed by atoms with Crippen molar-refractivity contribution in [3.05, 3.63) is 10.4 Å². The Morgan fingerprint density at radius 3 is 2.14 bits per heavy atom. The van der Waals surface area contributed by atoms with E-state index >= 15 is 0 Å². The lowest BCUT2D eigenvalue weighted by molar-refractivity contribution is -0.792. The molecule has 7 heavy (non-hydrogen) atoms. The summed E-state index contributed by atoms with van der Waals surface area (Å²) in [5, 5.41) is 18.4. The molecule has 0 aliphatic carbocycles. The van der Waals surface area contributed by atoms with Crippen molar-refractivity contribution < 1.29 is 5.23 Å². The molecule has 0 bridgehead atoms. The minimum absolute atomic E-state index is 0.205. The van der Waals surface area contributed by atoms with Gasteiger partial charge in [0.25, 0.3) is 0 Å². The third-order valence-corrected chi connectivity index (χ3v) is 0.734. The summed E-state index contributed by atoms with van der Waals surface area (Å²) in [5.74, 6) is 0. The van der Waals surface area contributed by atoms with Gasteiger partial charge >= 0.3 is 0 Å². The van der Waals surface area contributed by atoms with Crippen molar-refractivity contribution in [2.24, 2.45) is 0 Å². The fraction of sp³-hybridized carbons (Fsp3) is 1.00. The largest absolute Gasteiger partial charge is 0.633 e. The molecule has 0 aromatic heterocycles.